The van der Waals surface area contributed by atoms with Gasteiger partial charge in [-0.1, -0.05) is 51.1 Å². The summed E-state index contributed by atoms with van der Waals surface area (Å²) in [5.74, 6) is 0.534. The van der Waals surface area contributed by atoms with E-state index in [1.807, 2.05) is 30.3 Å². The second-order valence-electron chi connectivity index (χ2n) is 5.51. The molecule has 0 heterocycles. The first kappa shape index (κ1) is 13.9. The molecule has 2 aromatic carbocycles. The smallest absolute Gasteiger partial charge is 0.234 e. The molecule has 0 aliphatic rings. The normalized spacial score (nSPS) is 11.5. The number of hydrogen-bond donors (Lipinski definition) is 1. The number of fused-ring (bicyclic) bond motifs is 1. The van der Waals surface area contributed by atoms with E-state index in [4.69, 9.17) is 0 Å². The summed E-state index contributed by atoms with van der Waals surface area (Å²) < 4.78 is 0.112. The van der Waals surface area contributed by atoms with E-state index in [1.165, 1.54) is 5.39 Å². The van der Waals surface area contributed by atoms with Crippen LogP contribution in [0.3, 0.4) is 0 Å². The van der Waals surface area contributed by atoms with E-state index in [-0.39, 0.29) is 10.7 Å². The minimum absolute atomic E-state index is 0.0511. The van der Waals surface area contributed by atoms with Gasteiger partial charge in [-0.15, -0.1) is 11.8 Å². The van der Waals surface area contributed by atoms with Crippen LogP contribution in [0.2, 0.25) is 0 Å². The highest BCUT2D eigenvalue weighted by Gasteiger charge is 2.13. The van der Waals surface area contributed by atoms with Crippen molar-refractivity contribution < 1.29 is 4.79 Å². The summed E-state index contributed by atoms with van der Waals surface area (Å²) in [5, 5.41) is 5.27. The number of amides is 1. The van der Waals surface area contributed by atoms with E-state index >= 15 is 0 Å². The van der Waals surface area contributed by atoms with Crippen LogP contribution in [0.15, 0.2) is 42.5 Å². The lowest BCUT2D eigenvalue weighted by atomic mass is 10.1. The zero-order valence-corrected chi connectivity index (χ0v) is 12.4. The highest BCUT2D eigenvalue weighted by atomic mass is 32.2. The first-order valence-electron chi connectivity index (χ1n) is 6.37. The molecule has 0 unspecified atom stereocenters. The fourth-order valence-electron chi connectivity index (χ4n) is 1.75. The number of anilines is 1. The molecule has 1 N–H and O–H groups in total. The molecule has 2 aromatic rings. The molecule has 0 atom stereocenters. The third kappa shape index (κ3) is 4.28. The van der Waals surface area contributed by atoms with Gasteiger partial charge in [-0.3, -0.25) is 4.79 Å². The van der Waals surface area contributed by atoms with Crippen LogP contribution < -0.4 is 5.32 Å². The summed E-state index contributed by atoms with van der Waals surface area (Å²) in [6, 6.07) is 14.1. The van der Waals surface area contributed by atoms with E-state index in [1.54, 1.807) is 11.8 Å². The van der Waals surface area contributed by atoms with Gasteiger partial charge in [0.25, 0.3) is 0 Å². The number of benzene rings is 2. The zero-order valence-electron chi connectivity index (χ0n) is 11.6. The number of nitrogens with one attached hydrogen (secondary N) is 1. The molecule has 0 spiro atoms. The van der Waals surface area contributed by atoms with Gasteiger partial charge in [0.05, 0.1) is 5.75 Å². The summed E-state index contributed by atoms with van der Waals surface area (Å²) in [5.41, 5.74) is 0.859. The number of thioether (sulfide) groups is 1. The molecule has 0 bridgehead atoms. The number of hydrogen-bond acceptors (Lipinski definition) is 2. The Morgan fingerprint density at radius 1 is 1.11 bits per heavy atom. The van der Waals surface area contributed by atoms with Crippen molar-refractivity contribution in [1.82, 2.24) is 0 Å². The molecule has 1 amide bonds. The highest BCUT2D eigenvalue weighted by molar-refractivity contribution is 8.01. The molecule has 0 saturated carbocycles. The number of carbonyl (C=O) groups is 1. The first-order valence-corrected chi connectivity index (χ1v) is 7.35. The highest BCUT2D eigenvalue weighted by Crippen LogP contribution is 2.23. The lowest BCUT2D eigenvalue weighted by molar-refractivity contribution is -0.113. The Morgan fingerprint density at radius 3 is 2.47 bits per heavy atom. The topological polar surface area (TPSA) is 29.1 Å². The van der Waals surface area contributed by atoms with Crippen LogP contribution in [0.5, 0.6) is 0 Å². The quantitative estimate of drug-likeness (QED) is 0.903. The fraction of sp³-hybridized carbons (Fsp3) is 0.312. The zero-order chi connectivity index (χ0) is 13.9. The van der Waals surface area contributed by atoms with Gasteiger partial charge in [-0.2, -0.15) is 0 Å². The van der Waals surface area contributed by atoms with Gasteiger partial charge < -0.3 is 5.32 Å². The molecular formula is C16H19NOS. The van der Waals surface area contributed by atoms with E-state index < -0.39 is 0 Å². The van der Waals surface area contributed by atoms with Crippen molar-refractivity contribution in [1.29, 1.82) is 0 Å². The van der Waals surface area contributed by atoms with Gasteiger partial charge in [-0.05, 0) is 22.9 Å². The minimum Gasteiger partial charge on any atom is -0.325 e. The fourth-order valence-corrected chi connectivity index (χ4v) is 2.38. The molecule has 19 heavy (non-hydrogen) atoms. The number of rotatable bonds is 3. The Morgan fingerprint density at radius 2 is 1.79 bits per heavy atom. The molecule has 2 rings (SSSR count). The SMILES string of the molecule is CC(C)(C)SCC(=O)Nc1ccc2ccccc2c1. The molecule has 0 saturated heterocycles. The van der Waals surface area contributed by atoms with Crippen LogP contribution in [-0.4, -0.2) is 16.4 Å². The Bertz CT molecular complexity index is 587. The van der Waals surface area contributed by atoms with Crippen LogP contribution >= 0.6 is 11.8 Å². The summed E-state index contributed by atoms with van der Waals surface area (Å²) in [7, 11) is 0. The van der Waals surface area contributed by atoms with E-state index in [0.717, 1.165) is 11.1 Å². The molecular weight excluding hydrogens is 254 g/mol. The van der Waals surface area contributed by atoms with Crippen molar-refractivity contribution in [3.8, 4) is 0 Å². The van der Waals surface area contributed by atoms with Crippen molar-refractivity contribution in [3.05, 3.63) is 42.5 Å². The van der Waals surface area contributed by atoms with Gasteiger partial charge in [0.2, 0.25) is 5.91 Å². The Hall–Kier alpha value is -1.48. The molecule has 2 nitrogen and oxygen atoms in total. The molecule has 0 aromatic heterocycles. The van der Waals surface area contributed by atoms with Crippen LogP contribution in [0.1, 0.15) is 20.8 Å². The third-order valence-electron chi connectivity index (χ3n) is 2.67. The minimum atomic E-state index is 0.0511. The molecule has 3 heteroatoms. The molecule has 0 aliphatic carbocycles. The third-order valence-corrected chi connectivity index (χ3v) is 3.94. The van der Waals surface area contributed by atoms with Gasteiger partial charge in [0.1, 0.15) is 0 Å². The van der Waals surface area contributed by atoms with Gasteiger partial charge in [0.15, 0.2) is 0 Å². The van der Waals surface area contributed by atoms with Crippen molar-refractivity contribution >= 4 is 34.1 Å². The van der Waals surface area contributed by atoms with Crippen molar-refractivity contribution in [2.75, 3.05) is 11.1 Å². The van der Waals surface area contributed by atoms with Crippen LogP contribution in [0.25, 0.3) is 10.8 Å². The maximum Gasteiger partial charge on any atom is 0.234 e. The van der Waals surface area contributed by atoms with E-state index in [0.29, 0.717) is 5.75 Å². The maximum absolute atomic E-state index is 11.9. The van der Waals surface area contributed by atoms with Gasteiger partial charge in [-0.25, -0.2) is 0 Å². The van der Waals surface area contributed by atoms with Crippen LogP contribution in [0, 0.1) is 0 Å². The molecule has 100 valence electrons. The standard InChI is InChI=1S/C16H19NOS/c1-16(2,3)19-11-15(18)17-14-9-8-12-6-4-5-7-13(12)10-14/h4-10H,11H2,1-3H3,(H,17,18). The first-order chi connectivity index (χ1) is 8.94. The summed E-state index contributed by atoms with van der Waals surface area (Å²) in [4.78, 5) is 11.9. The Balaban J connectivity index is 2.03. The predicted molar refractivity (Wildman–Crippen MR) is 84.8 cm³/mol. The number of carbonyl (C=O) groups excluding carboxylic acids is 1. The van der Waals surface area contributed by atoms with Gasteiger partial charge in [0, 0.05) is 10.4 Å². The molecule has 0 fully saturated rings. The maximum atomic E-state index is 11.9. The van der Waals surface area contributed by atoms with Crippen molar-refractivity contribution in [2.24, 2.45) is 0 Å². The second-order valence-corrected chi connectivity index (χ2v) is 7.31. The predicted octanol–water partition coefficient (Wildman–Crippen LogP) is 4.31. The molecule has 0 radical (unpaired) electrons. The monoisotopic (exact) mass is 273 g/mol. The van der Waals surface area contributed by atoms with E-state index in [2.05, 4.69) is 38.2 Å². The largest absolute Gasteiger partial charge is 0.325 e. The summed E-state index contributed by atoms with van der Waals surface area (Å²) >= 11 is 1.65. The average molecular weight is 273 g/mol. The van der Waals surface area contributed by atoms with Crippen LogP contribution in [-0.2, 0) is 4.79 Å². The summed E-state index contributed by atoms with van der Waals surface area (Å²) in [6.07, 6.45) is 0. The van der Waals surface area contributed by atoms with Crippen molar-refractivity contribution in [2.45, 2.75) is 25.5 Å². The van der Waals surface area contributed by atoms with Crippen LogP contribution in [0.4, 0.5) is 5.69 Å². The van der Waals surface area contributed by atoms with Gasteiger partial charge >= 0.3 is 0 Å². The lowest BCUT2D eigenvalue weighted by Gasteiger charge is -2.17. The summed E-state index contributed by atoms with van der Waals surface area (Å²) in [6.45, 7) is 6.34. The average Bonchev–Trinajstić information content (AvgIpc) is 2.35. The second kappa shape index (κ2) is 5.66. The van der Waals surface area contributed by atoms with E-state index in [9.17, 15) is 4.79 Å². The van der Waals surface area contributed by atoms with Crippen molar-refractivity contribution in [3.63, 3.8) is 0 Å². The Labute approximate surface area is 118 Å². The molecule has 0 aliphatic heterocycles. The lowest BCUT2D eigenvalue weighted by Crippen LogP contribution is -2.18. The Kier molecular flexibility index (Phi) is 4.15.